The van der Waals surface area contributed by atoms with Crippen LogP contribution in [-0.2, 0) is 10.6 Å². The van der Waals surface area contributed by atoms with Crippen LogP contribution in [0.5, 0.6) is 5.75 Å². The lowest BCUT2D eigenvalue weighted by Gasteiger charge is -2.30. The predicted molar refractivity (Wildman–Crippen MR) is 121 cm³/mol. The predicted octanol–water partition coefficient (Wildman–Crippen LogP) is 5.43. The van der Waals surface area contributed by atoms with Crippen molar-refractivity contribution in [3.63, 3.8) is 0 Å². The highest BCUT2D eigenvalue weighted by atomic mass is 35.5. The molecule has 2 aromatic carbocycles. The number of hydrogen-bond donors (Lipinski definition) is 0. The summed E-state index contributed by atoms with van der Waals surface area (Å²) >= 11 is 6.23. The number of ether oxygens (including phenoxy) is 1. The van der Waals surface area contributed by atoms with E-state index in [1.54, 1.807) is 11.7 Å². The van der Waals surface area contributed by atoms with Gasteiger partial charge in [0.2, 0.25) is 11.0 Å². The molecule has 1 unspecified atom stereocenters. The molecule has 3 aromatic rings. The van der Waals surface area contributed by atoms with E-state index in [1.165, 1.54) is 12.1 Å². The van der Waals surface area contributed by atoms with Gasteiger partial charge in [-0.05, 0) is 60.9 Å². The van der Waals surface area contributed by atoms with E-state index in [0.717, 1.165) is 29.4 Å². The molecule has 1 saturated heterocycles. The average Bonchev–Trinajstić information content (AvgIpc) is 3.45. The van der Waals surface area contributed by atoms with Crippen molar-refractivity contribution in [2.75, 3.05) is 13.7 Å². The van der Waals surface area contributed by atoms with Crippen LogP contribution in [0, 0.1) is 18.6 Å². The maximum absolute atomic E-state index is 13.9. The van der Waals surface area contributed by atoms with Gasteiger partial charge in [-0.1, -0.05) is 17.3 Å². The van der Waals surface area contributed by atoms with Crippen molar-refractivity contribution < 1.29 is 18.4 Å². The molecule has 2 aliphatic heterocycles. The number of fused-ring (bicyclic) bond motifs is 1. The van der Waals surface area contributed by atoms with Crippen LogP contribution in [0.25, 0.3) is 11.8 Å². The molecule has 0 radical (unpaired) electrons. The molecule has 9 heteroatoms. The van der Waals surface area contributed by atoms with Crippen LogP contribution in [0.1, 0.15) is 29.7 Å². The number of benzene rings is 2. The smallest absolute Gasteiger partial charge is 0.237 e. The number of aromatic nitrogens is 2. The van der Waals surface area contributed by atoms with Gasteiger partial charge in [-0.15, -0.1) is 0 Å². The van der Waals surface area contributed by atoms with Crippen LogP contribution in [0.3, 0.4) is 0 Å². The molecule has 6 nitrogen and oxygen atoms in total. The van der Waals surface area contributed by atoms with E-state index >= 15 is 0 Å². The number of hydrogen-bond acceptors (Lipinski definition) is 5. The number of amidine groups is 1. The second kappa shape index (κ2) is 8.19. The molecule has 0 bridgehead atoms. The van der Waals surface area contributed by atoms with E-state index in [2.05, 4.69) is 10.1 Å². The first kappa shape index (κ1) is 21.5. The first-order valence-corrected chi connectivity index (χ1v) is 10.9. The van der Waals surface area contributed by atoms with Crippen molar-refractivity contribution in [2.45, 2.75) is 25.5 Å². The molecule has 33 heavy (non-hydrogen) atoms. The molecule has 3 heterocycles. The Bertz CT molecular complexity index is 1270. The Morgan fingerprint density at radius 3 is 2.64 bits per heavy atom. The summed E-state index contributed by atoms with van der Waals surface area (Å²) in [4.78, 5) is 11.9. The largest absolute Gasteiger partial charge is 0.495 e. The maximum Gasteiger partial charge on any atom is 0.237 e. The van der Waals surface area contributed by atoms with Gasteiger partial charge in [0, 0.05) is 30.8 Å². The maximum atomic E-state index is 13.9. The summed E-state index contributed by atoms with van der Waals surface area (Å²) in [6, 6.07) is 9.16. The molecule has 0 N–H and O–H groups in total. The summed E-state index contributed by atoms with van der Waals surface area (Å²) in [7, 11) is 1.59. The van der Waals surface area contributed by atoms with Gasteiger partial charge < -0.3 is 14.5 Å². The lowest BCUT2D eigenvalue weighted by molar-refractivity contribution is -0.0850. The summed E-state index contributed by atoms with van der Waals surface area (Å²) in [5.74, 6) is -0.0568. The minimum atomic E-state index is -0.986. The summed E-state index contributed by atoms with van der Waals surface area (Å²) < 4.78 is 35.1. The number of rotatable bonds is 5. The van der Waals surface area contributed by atoms with E-state index in [1.807, 2.05) is 48.4 Å². The fraction of sp³-hybridized carbons (Fsp3) is 0.250. The normalized spacial score (nSPS) is 19.7. The van der Waals surface area contributed by atoms with Crippen molar-refractivity contribution in [1.82, 2.24) is 14.5 Å². The van der Waals surface area contributed by atoms with E-state index in [9.17, 15) is 8.78 Å². The van der Waals surface area contributed by atoms with Crippen molar-refractivity contribution >= 4 is 23.5 Å². The molecule has 0 spiro atoms. The van der Waals surface area contributed by atoms with Crippen molar-refractivity contribution in [1.29, 1.82) is 0 Å². The quantitative estimate of drug-likeness (QED) is 0.499. The Morgan fingerprint density at radius 2 is 1.94 bits per heavy atom. The molecule has 0 saturated carbocycles. The molecule has 1 fully saturated rings. The minimum Gasteiger partial charge on any atom is -0.495 e. The van der Waals surface area contributed by atoms with Crippen LogP contribution in [-0.4, -0.2) is 33.9 Å². The first-order chi connectivity index (χ1) is 15.9. The zero-order chi connectivity index (χ0) is 23.2. The number of aryl methyl sites for hydroxylation is 1. The lowest BCUT2D eigenvalue weighted by Crippen LogP contribution is -2.40. The van der Waals surface area contributed by atoms with Crippen LogP contribution in [0.2, 0.25) is 5.28 Å². The van der Waals surface area contributed by atoms with Crippen molar-refractivity contribution in [3.8, 4) is 11.4 Å². The monoisotopic (exact) mass is 470 g/mol. The summed E-state index contributed by atoms with van der Waals surface area (Å²) in [5.41, 5.74) is 1.88. The third-order valence-electron chi connectivity index (χ3n) is 5.89. The molecule has 2 aliphatic rings. The standard InChI is InChI=1S/C24H21ClF2N4O2/c1-15-14-30(23(25)28-15)20-6-4-16(10-21(20)32-2)5-7-22-29-33-24(8-3-9-31(22)24)17-11-18(26)13-19(27)12-17/h4-7,10-14H,3,8-9H2,1-2H3. The fourth-order valence-electron chi connectivity index (χ4n) is 4.42. The highest BCUT2D eigenvalue weighted by molar-refractivity contribution is 6.28. The van der Waals surface area contributed by atoms with Gasteiger partial charge in [0.05, 0.1) is 18.5 Å². The van der Waals surface area contributed by atoms with E-state index < -0.39 is 17.4 Å². The summed E-state index contributed by atoms with van der Waals surface area (Å²) in [6.45, 7) is 2.54. The second-order valence-corrected chi connectivity index (χ2v) is 8.36. The van der Waals surface area contributed by atoms with E-state index in [0.29, 0.717) is 35.4 Å². The first-order valence-electron chi connectivity index (χ1n) is 10.5. The molecule has 1 aromatic heterocycles. The molecule has 170 valence electrons. The van der Waals surface area contributed by atoms with Crippen LogP contribution in [0.15, 0.2) is 53.8 Å². The zero-order valence-electron chi connectivity index (χ0n) is 18.1. The molecular formula is C24H21ClF2N4O2. The molecule has 1 atom stereocenters. The van der Waals surface area contributed by atoms with E-state index in [4.69, 9.17) is 21.2 Å². The molecule has 5 rings (SSSR count). The average molecular weight is 471 g/mol. The van der Waals surface area contributed by atoms with Crippen LogP contribution in [0.4, 0.5) is 8.78 Å². The second-order valence-electron chi connectivity index (χ2n) is 8.02. The highest BCUT2D eigenvalue weighted by Crippen LogP contribution is 2.44. The van der Waals surface area contributed by atoms with Gasteiger partial charge in [0.1, 0.15) is 17.4 Å². The van der Waals surface area contributed by atoms with E-state index in [-0.39, 0.29) is 0 Å². The Labute approximate surface area is 194 Å². The fourth-order valence-corrected chi connectivity index (χ4v) is 4.69. The molecule has 0 amide bonds. The number of imidazole rings is 1. The summed E-state index contributed by atoms with van der Waals surface area (Å²) in [6.07, 6.45) is 6.95. The van der Waals surface area contributed by atoms with Gasteiger partial charge in [0.25, 0.3) is 0 Å². The number of methoxy groups -OCH3 is 1. The van der Waals surface area contributed by atoms with Crippen molar-refractivity contribution in [2.24, 2.45) is 5.16 Å². The van der Waals surface area contributed by atoms with Gasteiger partial charge in [-0.3, -0.25) is 4.57 Å². The summed E-state index contributed by atoms with van der Waals surface area (Å²) in [5, 5.41) is 4.57. The van der Waals surface area contributed by atoms with Gasteiger partial charge in [-0.2, -0.15) is 0 Å². The minimum absolute atomic E-state index is 0.353. The van der Waals surface area contributed by atoms with Crippen molar-refractivity contribution in [3.05, 3.63) is 82.4 Å². The zero-order valence-corrected chi connectivity index (χ0v) is 18.8. The number of halogens is 3. The van der Waals surface area contributed by atoms with Crippen LogP contribution >= 0.6 is 11.6 Å². The number of oxime groups is 1. The Kier molecular flexibility index (Phi) is 5.32. The highest BCUT2D eigenvalue weighted by Gasteiger charge is 2.50. The van der Waals surface area contributed by atoms with Gasteiger partial charge in [0.15, 0.2) is 5.84 Å². The Balaban J connectivity index is 1.41. The SMILES string of the molecule is COc1cc(C=CC2=NOC3(c4cc(F)cc(F)c4)CCCN23)ccc1-n1cc(C)nc1Cl. The molecular weight excluding hydrogens is 450 g/mol. The Hall–Kier alpha value is -3.39. The van der Waals surface area contributed by atoms with Crippen LogP contribution < -0.4 is 4.74 Å². The van der Waals surface area contributed by atoms with Gasteiger partial charge >= 0.3 is 0 Å². The topological polar surface area (TPSA) is 51.9 Å². The third kappa shape index (κ3) is 3.74. The third-order valence-corrected chi connectivity index (χ3v) is 6.15. The molecule has 0 aliphatic carbocycles. The lowest BCUT2D eigenvalue weighted by atomic mass is 9.99. The number of nitrogens with zero attached hydrogens (tertiary/aromatic N) is 4. The Morgan fingerprint density at radius 1 is 1.15 bits per heavy atom. The van der Waals surface area contributed by atoms with Gasteiger partial charge in [-0.25, -0.2) is 13.8 Å².